The maximum atomic E-state index is 13.0. The van der Waals surface area contributed by atoms with Gasteiger partial charge < -0.3 is 19.9 Å². The summed E-state index contributed by atoms with van der Waals surface area (Å²) in [6.07, 6.45) is 6.37. The van der Waals surface area contributed by atoms with E-state index in [0.29, 0.717) is 28.6 Å². The molecule has 0 aliphatic carbocycles. The SMILES string of the molecule is CC(=O)N(Cc1cccnc1)c1ccc(/C=C/C(=O)NCC(=O)N(C)c2ccc(Cl)c(COc3cccc4ccc(C)nc34)c2Cl)cc1. The maximum absolute atomic E-state index is 13.0. The van der Waals surface area contributed by atoms with Gasteiger partial charge in [-0.2, -0.15) is 0 Å². The lowest BCUT2D eigenvalue weighted by Gasteiger charge is -2.21. The van der Waals surface area contributed by atoms with E-state index in [1.54, 1.807) is 54.7 Å². The third kappa shape index (κ3) is 8.36. The zero-order valence-corrected chi connectivity index (χ0v) is 28.1. The molecule has 244 valence electrons. The lowest BCUT2D eigenvalue weighted by atomic mass is 10.1. The second-order valence-corrected chi connectivity index (χ2v) is 11.8. The summed E-state index contributed by atoms with van der Waals surface area (Å²) < 4.78 is 6.09. The molecule has 0 fully saturated rings. The van der Waals surface area contributed by atoms with Crippen LogP contribution in [-0.4, -0.2) is 41.3 Å². The number of ether oxygens (including phenoxy) is 1. The first-order valence-electron chi connectivity index (χ1n) is 15.1. The van der Waals surface area contributed by atoms with Gasteiger partial charge in [0.1, 0.15) is 17.9 Å². The summed E-state index contributed by atoms with van der Waals surface area (Å²) in [5.41, 5.74) is 4.91. The minimum atomic E-state index is -0.446. The molecule has 9 nitrogen and oxygen atoms in total. The summed E-state index contributed by atoms with van der Waals surface area (Å²) in [4.78, 5) is 49.6. The molecule has 3 aromatic carbocycles. The third-order valence-corrected chi connectivity index (χ3v) is 8.36. The van der Waals surface area contributed by atoms with E-state index in [4.69, 9.17) is 27.9 Å². The van der Waals surface area contributed by atoms with Crippen LogP contribution in [0, 0.1) is 6.92 Å². The van der Waals surface area contributed by atoms with Gasteiger partial charge in [-0.05, 0) is 66.6 Å². The highest BCUT2D eigenvalue weighted by molar-refractivity contribution is 6.38. The number of nitrogens with zero attached hydrogens (tertiary/aromatic N) is 4. The van der Waals surface area contributed by atoms with Crippen LogP contribution in [0.4, 0.5) is 11.4 Å². The fourth-order valence-corrected chi connectivity index (χ4v) is 5.54. The molecule has 2 heterocycles. The van der Waals surface area contributed by atoms with Crippen LogP contribution in [0.2, 0.25) is 10.0 Å². The zero-order chi connectivity index (χ0) is 34.2. The average molecular weight is 683 g/mol. The van der Waals surface area contributed by atoms with Crippen molar-refractivity contribution in [3.05, 3.63) is 130 Å². The second kappa shape index (κ2) is 15.6. The Bertz CT molecular complexity index is 1980. The van der Waals surface area contributed by atoms with Crippen molar-refractivity contribution >= 4 is 69.3 Å². The Morgan fingerprint density at radius 1 is 0.958 bits per heavy atom. The number of likely N-dealkylation sites (N-methyl/N-ethyl adjacent to an activating group) is 1. The van der Waals surface area contributed by atoms with Crippen LogP contribution in [-0.2, 0) is 27.5 Å². The largest absolute Gasteiger partial charge is 0.487 e. The first kappa shape index (κ1) is 34.1. The molecular weight excluding hydrogens is 649 g/mol. The number of hydrogen-bond donors (Lipinski definition) is 1. The van der Waals surface area contributed by atoms with E-state index in [1.807, 2.05) is 61.5 Å². The lowest BCUT2D eigenvalue weighted by molar-refractivity contribution is -0.122. The van der Waals surface area contributed by atoms with Gasteiger partial charge in [0.25, 0.3) is 0 Å². The highest BCUT2D eigenvalue weighted by Gasteiger charge is 2.19. The smallest absolute Gasteiger partial charge is 0.246 e. The van der Waals surface area contributed by atoms with Crippen LogP contribution in [0.25, 0.3) is 17.0 Å². The molecule has 0 unspecified atom stereocenters. The van der Waals surface area contributed by atoms with E-state index in [2.05, 4.69) is 15.3 Å². The molecule has 5 aromatic rings. The predicted molar refractivity (Wildman–Crippen MR) is 190 cm³/mol. The van der Waals surface area contributed by atoms with Crippen molar-refractivity contribution in [1.29, 1.82) is 0 Å². The monoisotopic (exact) mass is 681 g/mol. The van der Waals surface area contributed by atoms with Crippen molar-refractivity contribution < 1.29 is 19.1 Å². The lowest BCUT2D eigenvalue weighted by Crippen LogP contribution is -2.37. The Balaban J connectivity index is 1.18. The number of benzene rings is 3. The number of rotatable bonds is 11. The first-order chi connectivity index (χ1) is 23.1. The van der Waals surface area contributed by atoms with Gasteiger partial charge in [0.2, 0.25) is 17.7 Å². The van der Waals surface area contributed by atoms with Crippen molar-refractivity contribution in [2.45, 2.75) is 27.0 Å². The van der Waals surface area contributed by atoms with E-state index in [1.165, 1.54) is 17.9 Å². The number of carbonyl (C=O) groups is 3. The number of fused-ring (bicyclic) bond motifs is 1. The van der Waals surface area contributed by atoms with Crippen LogP contribution < -0.4 is 19.9 Å². The molecule has 0 aliphatic rings. The van der Waals surface area contributed by atoms with Crippen molar-refractivity contribution in [3.8, 4) is 5.75 Å². The molecule has 2 aromatic heterocycles. The van der Waals surface area contributed by atoms with Gasteiger partial charge in [-0.1, -0.05) is 59.6 Å². The Hall–Kier alpha value is -5.25. The molecule has 0 aliphatic heterocycles. The van der Waals surface area contributed by atoms with Crippen molar-refractivity contribution in [1.82, 2.24) is 15.3 Å². The fourth-order valence-electron chi connectivity index (χ4n) is 4.93. The molecule has 0 atom stereocenters. The number of para-hydroxylation sites is 1. The molecule has 0 radical (unpaired) electrons. The number of carbonyl (C=O) groups excluding carboxylic acids is 3. The van der Waals surface area contributed by atoms with Gasteiger partial charge in [0, 0.05) is 59.8 Å². The molecule has 48 heavy (non-hydrogen) atoms. The number of halogens is 2. The molecule has 3 amide bonds. The van der Waals surface area contributed by atoms with E-state index in [9.17, 15) is 14.4 Å². The number of nitrogens with one attached hydrogen (secondary N) is 1. The molecular formula is C37H33Cl2N5O4. The standard InChI is InChI=1S/C37H33Cl2N5O4/c1-24-9-13-28-7-4-8-33(37(28)42-24)48-23-30-31(38)16-17-32(36(30)39)43(3)35(47)21-41-34(46)18-12-26-10-14-29(15-11-26)44(25(2)45)22-27-6-5-19-40-20-27/h4-20H,21-23H2,1-3H3,(H,41,46)/b18-12+. The summed E-state index contributed by atoms with van der Waals surface area (Å²) in [5.74, 6) is -0.347. The number of pyridine rings is 2. The molecule has 11 heteroatoms. The molecule has 1 N–H and O–H groups in total. The van der Waals surface area contributed by atoms with Gasteiger partial charge in [0.15, 0.2) is 0 Å². The van der Waals surface area contributed by atoms with Crippen molar-refractivity contribution in [2.75, 3.05) is 23.4 Å². The topological polar surface area (TPSA) is 105 Å². The number of anilines is 2. The number of aryl methyl sites for hydroxylation is 1. The molecule has 0 saturated carbocycles. The predicted octanol–water partition coefficient (Wildman–Crippen LogP) is 7.17. The number of amides is 3. The minimum Gasteiger partial charge on any atom is -0.487 e. The fraction of sp³-hybridized carbons (Fsp3) is 0.162. The Morgan fingerprint density at radius 3 is 2.48 bits per heavy atom. The van der Waals surface area contributed by atoms with Gasteiger partial charge >= 0.3 is 0 Å². The summed E-state index contributed by atoms with van der Waals surface area (Å²) in [6.45, 7) is 3.61. The average Bonchev–Trinajstić information content (AvgIpc) is 3.09. The van der Waals surface area contributed by atoms with E-state index < -0.39 is 5.91 Å². The van der Waals surface area contributed by atoms with Crippen molar-refractivity contribution in [3.63, 3.8) is 0 Å². The van der Waals surface area contributed by atoms with Crippen LogP contribution in [0.3, 0.4) is 0 Å². The van der Waals surface area contributed by atoms with Crippen LogP contribution >= 0.6 is 23.2 Å². The van der Waals surface area contributed by atoms with Crippen molar-refractivity contribution in [2.24, 2.45) is 0 Å². The molecule has 0 saturated heterocycles. The van der Waals surface area contributed by atoms with Gasteiger partial charge in [0.05, 0.1) is 23.8 Å². The Morgan fingerprint density at radius 2 is 1.75 bits per heavy atom. The Kier molecular flexibility index (Phi) is 11.1. The highest BCUT2D eigenvalue weighted by atomic mass is 35.5. The summed E-state index contributed by atoms with van der Waals surface area (Å²) in [5, 5.41) is 4.21. The van der Waals surface area contributed by atoms with Gasteiger partial charge in [-0.15, -0.1) is 0 Å². The third-order valence-electron chi connectivity index (χ3n) is 7.58. The highest BCUT2D eigenvalue weighted by Crippen LogP contribution is 2.35. The van der Waals surface area contributed by atoms with Crippen LogP contribution in [0.5, 0.6) is 5.75 Å². The summed E-state index contributed by atoms with van der Waals surface area (Å²) in [7, 11) is 1.57. The van der Waals surface area contributed by atoms with E-state index >= 15 is 0 Å². The van der Waals surface area contributed by atoms with Crippen LogP contribution in [0.1, 0.15) is 29.3 Å². The Labute approximate surface area is 288 Å². The maximum Gasteiger partial charge on any atom is 0.246 e. The quantitative estimate of drug-likeness (QED) is 0.148. The minimum absolute atomic E-state index is 0.0576. The zero-order valence-electron chi connectivity index (χ0n) is 26.6. The summed E-state index contributed by atoms with van der Waals surface area (Å²) >= 11 is 13.2. The second-order valence-electron chi connectivity index (χ2n) is 11.0. The number of aromatic nitrogens is 2. The number of hydrogen-bond acceptors (Lipinski definition) is 6. The molecule has 5 rings (SSSR count). The van der Waals surface area contributed by atoms with Crippen LogP contribution in [0.15, 0.2) is 97.3 Å². The molecule has 0 spiro atoms. The van der Waals surface area contributed by atoms with Gasteiger partial charge in [-0.25, -0.2) is 4.98 Å². The summed E-state index contributed by atoms with van der Waals surface area (Å²) in [6, 6.07) is 23.8. The molecule has 0 bridgehead atoms. The normalized spacial score (nSPS) is 11.0. The van der Waals surface area contributed by atoms with E-state index in [-0.39, 0.29) is 30.0 Å². The van der Waals surface area contributed by atoms with Gasteiger partial charge in [-0.3, -0.25) is 19.4 Å². The first-order valence-corrected chi connectivity index (χ1v) is 15.8. The van der Waals surface area contributed by atoms with E-state index in [0.717, 1.165) is 33.4 Å².